The maximum Gasteiger partial charge on any atom is 0.191 e. The van der Waals surface area contributed by atoms with Crippen molar-refractivity contribution in [1.82, 2.24) is 10.6 Å². The van der Waals surface area contributed by atoms with Crippen LogP contribution in [0.4, 0.5) is 0 Å². The van der Waals surface area contributed by atoms with Crippen molar-refractivity contribution >= 4 is 5.96 Å². The van der Waals surface area contributed by atoms with Crippen LogP contribution in [-0.4, -0.2) is 19.0 Å². The predicted molar refractivity (Wildman–Crippen MR) is 74.3 cm³/mol. The van der Waals surface area contributed by atoms with E-state index in [2.05, 4.69) is 60.7 Å². The number of guanidine groups is 1. The van der Waals surface area contributed by atoms with Gasteiger partial charge in [0.25, 0.3) is 0 Å². The highest BCUT2D eigenvalue weighted by molar-refractivity contribution is 5.79. The molecule has 0 saturated carbocycles. The molecular weight excluding hydrogens is 210 g/mol. The van der Waals surface area contributed by atoms with E-state index in [1.807, 2.05) is 0 Å². The molecule has 0 unspecified atom stereocenters. The molecule has 0 aliphatic heterocycles. The maximum absolute atomic E-state index is 4.55. The minimum absolute atomic E-state index is 0.722. The summed E-state index contributed by atoms with van der Waals surface area (Å²) in [5, 5.41) is 6.53. The van der Waals surface area contributed by atoms with E-state index in [1.165, 1.54) is 11.1 Å². The SMILES string of the molecule is CCCNC(=NCc1ccc(C)cc1)NCC. The smallest absolute Gasteiger partial charge is 0.191 e. The molecule has 3 nitrogen and oxygen atoms in total. The number of rotatable bonds is 5. The molecule has 0 bridgehead atoms. The molecular formula is C14H23N3. The fourth-order valence-corrected chi connectivity index (χ4v) is 1.45. The van der Waals surface area contributed by atoms with Crippen LogP contribution >= 0.6 is 0 Å². The van der Waals surface area contributed by atoms with Crippen molar-refractivity contribution in [2.24, 2.45) is 4.99 Å². The quantitative estimate of drug-likeness (QED) is 0.605. The van der Waals surface area contributed by atoms with Crippen molar-refractivity contribution in [2.75, 3.05) is 13.1 Å². The molecule has 0 heterocycles. The molecule has 0 atom stereocenters. The summed E-state index contributed by atoms with van der Waals surface area (Å²) in [6, 6.07) is 8.50. The molecule has 17 heavy (non-hydrogen) atoms. The molecule has 94 valence electrons. The van der Waals surface area contributed by atoms with Gasteiger partial charge in [-0.2, -0.15) is 0 Å². The number of nitrogens with one attached hydrogen (secondary N) is 2. The third-order valence-corrected chi connectivity index (χ3v) is 2.43. The Kier molecular flexibility index (Phi) is 6.15. The van der Waals surface area contributed by atoms with Gasteiger partial charge in [-0.3, -0.25) is 0 Å². The summed E-state index contributed by atoms with van der Waals surface area (Å²) < 4.78 is 0. The van der Waals surface area contributed by atoms with Crippen LogP contribution in [-0.2, 0) is 6.54 Å². The Hall–Kier alpha value is -1.51. The molecule has 0 amide bonds. The number of aryl methyl sites for hydroxylation is 1. The highest BCUT2D eigenvalue weighted by Gasteiger charge is 1.96. The summed E-state index contributed by atoms with van der Waals surface area (Å²) in [5.41, 5.74) is 2.53. The Morgan fingerprint density at radius 1 is 1.12 bits per heavy atom. The first-order valence-electron chi connectivity index (χ1n) is 6.34. The van der Waals surface area contributed by atoms with Gasteiger partial charge in [-0.15, -0.1) is 0 Å². The van der Waals surface area contributed by atoms with E-state index in [1.54, 1.807) is 0 Å². The Labute approximate surface area is 104 Å². The van der Waals surface area contributed by atoms with Gasteiger partial charge in [0.1, 0.15) is 0 Å². The van der Waals surface area contributed by atoms with Crippen molar-refractivity contribution in [2.45, 2.75) is 33.7 Å². The summed E-state index contributed by atoms with van der Waals surface area (Å²) in [7, 11) is 0. The monoisotopic (exact) mass is 233 g/mol. The molecule has 0 aromatic heterocycles. The molecule has 0 aliphatic rings. The molecule has 2 N–H and O–H groups in total. The molecule has 1 aromatic carbocycles. The standard InChI is InChI=1S/C14H23N3/c1-4-10-16-14(15-5-2)17-11-13-8-6-12(3)7-9-13/h6-9H,4-5,10-11H2,1-3H3,(H2,15,16,17). The van der Waals surface area contributed by atoms with Crippen LogP contribution in [0.2, 0.25) is 0 Å². The fraction of sp³-hybridized carbons (Fsp3) is 0.500. The Balaban J connectivity index is 2.55. The largest absolute Gasteiger partial charge is 0.357 e. The summed E-state index contributed by atoms with van der Waals surface area (Å²) in [5.74, 6) is 0.898. The first-order chi connectivity index (χ1) is 8.26. The highest BCUT2D eigenvalue weighted by Crippen LogP contribution is 2.04. The van der Waals surface area contributed by atoms with Gasteiger partial charge in [0, 0.05) is 13.1 Å². The van der Waals surface area contributed by atoms with Crippen LogP contribution in [0.1, 0.15) is 31.4 Å². The lowest BCUT2D eigenvalue weighted by Gasteiger charge is -2.10. The molecule has 0 radical (unpaired) electrons. The molecule has 3 heteroatoms. The lowest BCUT2D eigenvalue weighted by molar-refractivity contribution is 0.785. The molecule has 0 saturated heterocycles. The number of nitrogens with zero attached hydrogens (tertiary/aromatic N) is 1. The van der Waals surface area contributed by atoms with Crippen LogP contribution in [0.5, 0.6) is 0 Å². The third-order valence-electron chi connectivity index (χ3n) is 2.43. The van der Waals surface area contributed by atoms with Crippen molar-refractivity contribution in [1.29, 1.82) is 0 Å². The van der Waals surface area contributed by atoms with Crippen molar-refractivity contribution in [3.05, 3.63) is 35.4 Å². The Bertz CT molecular complexity index is 341. The molecule has 0 aliphatic carbocycles. The van der Waals surface area contributed by atoms with Crippen LogP contribution in [0.25, 0.3) is 0 Å². The zero-order valence-electron chi connectivity index (χ0n) is 11.1. The van der Waals surface area contributed by atoms with Gasteiger partial charge in [0.2, 0.25) is 0 Å². The third kappa shape index (κ3) is 5.38. The summed E-state index contributed by atoms with van der Waals surface area (Å²) in [4.78, 5) is 4.55. The molecule has 0 spiro atoms. The number of hydrogen-bond donors (Lipinski definition) is 2. The van der Waals surface area contributed by atoms with E-state index in [0.717, 1.165) is 32.0 Å². The topological polar surface area (TPSA) is 36.4 Å². The fourth-order valence-electron chi connectivity index (χ4n) is 1.45. The van der Waals surface area contributed by atoms with Gasteiger partial charge >= 0.3 is 0 Å². The number of hydrogen-bond acceptors (Lipinski definition) is 1. The van der Waals surface area contributed by atoms with Crippen LogP contribution in [0.15, 0.2) is 29.3 Å². The Morgan fingerprint density at radius 3 is 2.41 bits per heavy atom. The predicted octanol–water partition coefficient (Wildman–Crippen LogP) is 2.46. The molecule has 1 rings (SSSR count). The second kappa shape index (κ2) is 7.71. The second-order valence-corrected chi connectivity index (χ2v) is 4.11. The normalized spacial score (nSPS) is 11.4. The van der Waals surface area contributed by atoms with Crippen molar-refractivity contribution in [3.8, 4) is 0 Å². The van der Waals surface area contributed by atoms with E-state index in [0.29, 0.717) is 0 Å². The average Bonchev–Trinajstić information content (AvgIpc) is 2.35. The highest BCUT2D eigenvalue weighted by atomic mass is 15.2. The van der Waals surface area contributed by atoms with Crippen LogP contribution in [0, 0.1) is 6.92 Å². The van der Waals surface area contributed by atoms with E-state index in [4.69, 9.17) is 0 Å². The average molecular weight is 233 g/mol. The van der Waals surface area contributed by atoms with E-state index >= 15 is 0 Å². The van der Waals surface area contributed by atoms with Crippen molar-refractivity contribution < 1.29 is 0 Å². The zero-order chi connectivity index (χ0) is 12.5. The molecule has 0 fully saturated rings. The minimum Gasteiger partial charge on any atom is -0.357 e. The lowest BCUT2D eigenvalue weighted by Crippen LogP contribution is -2.37. The first kappa shape index (κ1) is 13.6. The lowest BCUT2D eigenvalue weighted by atomic mass is 10.1. The minimum atomic E-state index is 0.722. The number of benzene rings is 1. The van der Waals surface area contributed by atoms with Gasteiger partial charge < -0.3 is 10.6 Å². The van der Waals surface area contributed by atoms with Crippen molar-refractivity contribution in [3.63, 3.8) is 0 Å². The summed E-state index contributed by atoms with van der Waals surface area (Å²) in [6.07, 6.45) is 1.11. The van der Waals surface area contributed by atoms with Crippen LogP contribution in [0.3, 0.4) is 0 Å². The second-order valence-electron chi connectivity index (χ2n) is 4.11. The van der Waals surface area contributed by atoms with Crippen LogP contribution < -0.4 is 10.6 Å². The number of aliphatic imine (C=N–C) groups is 1. The van der Waals surface area contributed by atoms with Gasteiger partial charge in [0.15, 0.2) is 5.96 Å². The Morgan fingerprint density at radius 2 is 1.82 bits per heavy atom. The first-order valence-corrected chi connectivity index (χ1v) is 6.34. The zero-order valence-corrected chi connectivity index (χ0v) is 11.1. The maximum atomic E-state index is 4.55. The molecule has 1 aromatic rings. The van der Waals surface area contributed by atoms with E-state index < -0.39 is 0 Å². The van der Waals surface area contributed by atoms with E-state index in [9.17, 15) is 0 Å². The summed E-state index contributed by atoms with van der Waals surface area (Å²) >= 11 is 0. The van der Waals surface area contributed by atoms with E-state index in [-0.39, 0.29) is 0 Å². The summed E-state index contributed by atoms with van der Waals surface area (Å²) in [6.45, 7) is 8.90. The van der Waals surface area contributed by atoms with Gasteiger partial charge in [-0.05, 0) is 25.8 Å². The van der Waals surface area contributed by atoms with Gasteiger partial charge in [0.05, 0.1) is 6.54 Å². The van der Waals surface area contributed by atoms with Gasteiger partial charge in [-0.25, -0.2) is 4.99 Å². The van der Waals surface area contributed by atoms with Gasteiger partial charge in [-0.1, -0.05) is 36.8 Å².